The Balaban J connectivity index is 2.67. The predicted molar refractivity (Wildman–Crippen MR) is 75.2 cm³/mol. The van der Waals surface area contributed by atoms with E-state index in [2.05, 4.69) is 26.6 Å². The van der Waals surface area contributed by atoms with Gasteiger partial charge in [0.25, 0.3) is 0 Å². The fourth-order valence-corrected chi connectivity index (χ4v) is 2.02. The molecule has 0 aromatic heterocycles. The zero-order valence-corrected chi connectivity index (χ0v) is 12.4. The zero-order valence-electron chi connectivity index (χ0n) is 10.8. The minimum Gasteiger partial charge on any atom is -0.326 e. The third-order valence-electron chi connectivity index (χ3n) is 2.59. The highest BCUT2D eigenvalue weighted by Gasteiger charge is 2.11. The highest BCUT2D eigenvalue weighted by atomic mass is 79.9. The molecule has 1 aromatic carbocycles. The average Bonchev–Trinajstić information content (AvgIpc) is 2.26. The normalized spacial score (nSPS) is 12.3. The molecular formula is C13H18BrFN2O. The largest absolute Gasteiger partial charge is 0.326 e. The van der Waals surface area contributed by atoms with Gasteiger partial charge < -0.3 is 10.6 Å². The number of benzene rings is 1. The first-order chi connectivity index (χ1) is 8.43. The van der Waals surface area contributed by atoms with Crippen molar-refractivity contribution >= 4 is 27.5 Å². The molecule has 0 radical (unpaired) electrons. The van der Waals surface area contributed by atoms with Gasteiger partial charge in [-0.05, 0) is 54.0 Å². The molecule has 1 rings (SSSR count). The molecule has 0 saturated heterocycles. The van der Waals surface area contributed by atoms with Gasteiger partial charge in [-0.3, -0.25) is 4.79 Å². The lowest BCUT2D eigenvalue weighted by molar-refractivity contribution is -0.116. The lowest BCUT2D eigenvalue weighted by atomic mass is 10.1. The third kappa shape index (κ3) is 4.38. The molecule has 18 heavy (non-hydrogen) atoms. The van der Waals surface area contributed by atoms with Gasteiger partial charge in [0, 0.05) is 18.2 Å². The molecule has 100 valence electrons. The van der Waals surface area contributed by atoms with Crippen LogP contribution in [0.1, 0.15) is 25.8 Å². The molecule has 5 heteroatoms. The summed E-state index contributed by atoms with van der Waals surface area (Å²) >= 11 is 3.11. The summed E-state index contributed by atoms with van der Waals surface area (Å²) in [5.74, 6) is -0.406. The van der Waals surface area contributed by atoms with Crippen molar-refractivity contribution in [1.82, 2.24) is 5.32 Å². The topological polar surface area (TPSA) is 41.1 Å². The van der Waals surface area contributed by atoms with Crippen molar-refractivity contribution in [2.24, 2.45) is 0 Å². The Morgan fingerprint density at radius 2 is 2.17 bits per heavy atom. The quantitative estimate of drug-likeness (QED) is 0.875. The first kappa shape index (κ1) is 15.1. The number of amides is 1. The molecular weight excluding hydrogens is 299 g/mol. The van der Waals surface area contributed by atoms with E-state index in [1.807, 2.05) is 13.8 Å². The van der Waals surface area contributed by atoms with Crippen molar-refractivity contribution in [3.63, 3.8) is 0 Å². The molecule has 1 aromatic rings. The van der Waals surface area contributed by atoms with Crippen molar-refractivity contribution < 1.29 is 9.18 Å². The van der Waals surface area contributed by atoms with Crippen molar-refractivity contribution in [1.29, 1.82) is 0 Å². The summed E-state index contributed by atoms with van der Waals surface area (Å²) in [6, 6.07) is 3.10. The van der Waals surface area contributed by atoms with Crippen LogP contribution >= 0.6 is 15.9 Å². The van der Waals surface area contributed by atoms with Crippen LogP contribution in [-0.2, 0) is 4.79 Å². The fourth-order valence-electron chi connectivity index (χ4n) is 1.68. The molecule has 2 N–H and O–H groups in total. The summed E-state index contributed by atoms with van der Waals surface area (Å²) in [7, 11) is 0. The van der Waals surface area contributed by atoms with Gasteiger partial charge in [-0.1, -0.05) is 6.92 Å². The van der Waals surface area contributed by atoms with E-state index in [1.165, 1.54) is 6.07 Å². The average molecular weight is 317 g/mol. The zero-order chi connectivity index (χ0) is 13.7. The second kappa shape index (κ2) is 6.85. The molecule has 0 bridgehead atoms. The number of rotatable bonds is 5. The van der Waals surface area contributed by atoms with Crippen LogP contribution in [0.2, 0.25) is 0 Å². The first-order valence-corrected chi connectivity index (χ1v) is 6.72. The molecule has 0 saturated carbocycles. The van der Waals surface area contributed by atoms with Gasteiger partial charge in [-0.25, -0.2) is 4.39 Å². The van der Waals surface area contributed by atoms with Gasteiger partial charge >= 0.3 is 0 Å². The second-order valence-electron chi connectivity index (χ2n) is 4.29. The maximum absolute atomic E-state index is 13.2. The van der Waals surface area contributed by atoms with E-state index >= 15 is 0 Å². The van der Waals surface area contributed by atoms with E-state index < -0.39 is 0 Å². The van der Waals surface area contributed by atoms with Crippen LogP contribution in [0.15, 0.2) is 16.6 Å². The molecule has 0 heterocycles. The minimum absolute atomic E-state index is 0.0786. The summed E-state index contributed by atoms with van der Waals surface area (Å²) in [5.41, 5.74) is 1.34. The summed E-state index contributed by atoms with van der Waals surface area (Å²) < 4.78 is 13.6. The third-order valence-corrected chi connectivity index (χ3v) is 3.19. The molecule has 0 aliphatic heterocycles. The van der Waals surface area contributed by atoms with E-state index in [0.717, 1.165) is 6.54 Å². The number of halogens is 2. The van der Waals surface area contributed by atoms with Crippen LogP contribution in [0.5, 0.6) is 0 Å². The van der Waals surface area contributed by atoms with Gasteiger partial charge in [-0.15, -0.1) is 0 Å². The Bertz CT molecular complexity index is 437. The standard InChI is InChI=1S/C13H18BrFN2O/c1-4-16-9(3)6-13(18)17-12-7-10(14)11(15)5-8(12)2/h5,7,9,16H,4,6H2,1-3H3,(H,17,18). The number of nitrogens with one attached hydrogen (secondary N) is 2. The van der Waals surface area contributed by atoms with Gasteiger partial charge in [0.1, 0.15) is 5.82 Å². The highest BCUT2D eigenvalue weighted by molar-refractivity contribution is 9.10. The van der Waals surface area contributed by atoms with Crippen molar-refractivity contribution in [3.05, 3.63) is 28.0 Å². The Hall–Kier alpha value is -0.940. The van der Waals surface area contributed by atoms with Crippen molar-refractivity contribution in [3.8, 4) is 0 Å². The Morgan fingerprint density at radius 1 is 1.50 bits per heavy atom. The molecule has 3 nitrogen and oxygen atoms in total. The van der Waals surface area contributed by atoms with E-state index in [4.69, 9.17) is 0 Å². The maximum Gasteiger partial charge on any atom is 0.225 e. The summed E-state index contributed by atoms with van der Waals surface area (Å²) in [6.45, 7) is 6.54. The predicted octanol–water partition coefficient (Wildman–Crippen LogP) is 3.22. The van der Waals surface area contributed by atoms with Crippen LogP contribution in [0.4, 0.5) is 10.1 Å². The summed E-state index contributed by atoms with van der Waals surface area (Å²) in [4.78, 5) is 11.8. The summed E-state index contributed by atoms with van der Waals surface area (Å²) in [6.07, 6.45) is 0.391. The fraction of sp³-hybridized carbons (Fsp3) is 0.462. The molecule has 0 fully saturated rings. The Labute approximate surface area is 115 Å². The van der Waals surface area contributed by atoms with Crippen LogP contribution in [0.25, 0.3) is 0 Å². The van der Waals surface area contributed by atoms with E-state index in [-0.39, 0.29) is 17.8 Å². The number of anilines is 1. The number of hydrogen-bond acceptors (Lipinski definition) is 2. The van der Waals surface area contributed by atoms with Gasteiger partial charge in [-0.2, -0.15) is 0 Å². The smallest absolute Gasteiger partial charge is 0.225 e. The monoisotopic (exact) mass is 316 g/mol. The highest BCUT2D eigenvalue weighted by Crippen LogP contribution is 2.24. The lowest BCUT2D eigenvalue weighted by Gasteiger charge is -2.13. The van der Waals surface area contributed by atoms with Crippen LogP contribution in [-0.4, -0.2) is 18.5 Å². The number of carbonyl (C=O) groups excluding carboxylic acids is 1. The van der Waals surface area contributed by atoms with Crippen molar-refractivity contribution in [2.45, 2.75) is 33.2 Å². The van der Waals surface area contributed by atoms with E-state index in [9.17, 15) is 9.18 Å². The number of hydrogen-bond donors (Lipinski definition) is 2. The maximum atomic E-state index is 13.2. The van der Waals surface area contributed by atoms with Crippen LogP contribution in [0, 0.1) is 12.7 Å². The lowest BCUT2D eigenvalue weighted by Crippen LogP contribution is -2.30. The number of carbonyl (C=O) groups is 1. The Kier molecular flexibility index (Phi) is 5.75. The molecule has 1 unspecified atom stereocenters. The Morgan fingerprint density at radius 3 is 2.78 bits per heavy atom. The van der Waals surface area contributed by atoms with Crippen molar-refractivity contribution in [2.75, 3.05) is 11.9 Å². The van der Waals surface area contributed by atoms with Gasteiger partial charge in [0.15, 0.2) is 0 Å². The van der Waals surface area contributed by atoms with Crippen LogP contribution in [0.3, 0.4) is 0 Å². The molecule has 1 amide bonds. The van der Waals surface area contributed by atoms with Gasteiger partial charge in [0.05, 0.1) is 4.47 Å². The summed E-state index contributed by atoms with van der Waals surface area (Å²) in [5, 5.41) is 5.96. The molecule has 1 atom stereocenters. The molecule has 0 aliphatic carbocycles. The minimum atomic E-state index is -0.327. The van der Waals surface area contributed by atoms with Gasteiger partial charge in [0.2, 0.25) is 5.91 Å². The first-order valence-electron chi connectivity index (χ1n) is 5.93. The molecule has 0 spiro atoms. The molecule has 0 aliphatic rings. The SMILES string of the molecule is CCNC(C)CC(=O)Nc1cc(Br)c(F)cc1C. The van der Waals surface area contributed by atoms with E-state index in [1.54, 1.807) is 13.0 Å². The van der Waals surface area contributed by atoms with E-state index in [0.29, 0.717) is 22.1 Å². The second-order valence-corrected chi connectivity index (χ2v) is 5.15. The number of aryl methyl sites for hydroxylation is 1. The van der Waals surface area contributed by atoms with Crippen LogP contribution < -0.4 is 10.6 Å².